The van der Waals surface area contributed by atoms with E-state index in [-0.39, 0.29) is 11.7 Å². The highest BCUT2D eigenvalue weighted by Crippen LogP contribution is 2.19. The van der Waals surface area contributed by atoms with Gasteiger partial charge in [0.05, 0.1) is 5.75 Å². The SMILES string of the molecule is CCS(=O)(=O)Nc1ccc(NC(=O)c2ccc(-n3c(C)ccc3C)cc2)cc1. The zero-order valence-corrected chi connectivity index (χ0v) is 16.9. The third-order valence-electron chi connectivity index (χ3n) is 4.46. The van der Waals surface area contributed by atoms with E-state index in [2.05, 4.69) is 26.7 Å². The molecule has 0 saturated carbocycles. The zero-order valence-electron chi connectivity index (χ0n) is 16.1. The molecule has 0 aliphatic rings. The summed E-state index contributed by atoms with van der Waals surface area (Å²) in [7, 11) is -3.32. The number of carbonyl (C=O) groups excluding carboxylic acids is 1. The Balaban J connectivity index is 1.69. The van der Waals surface area contributed by atoms with Gasteiger partial charge in [0.2, 0.25) is 10.0 Å². The van der Waals surface area contributed by atoms with Crippen molar-refractivity contribution in [1.82, 2.24) is 4.57 Å². The fourth-order valence-corrected chi connectivity index (χ4v) is 3.55. The molecule has 2 N–H and O–H groups in total. The van der Waals surface area contributed by atoms with Gasteiger partial charge in [0.1, 0.15) is 0 Å². The summed E-state index contributed by atoms with van der Waals surface area (Å²) in [5.41, 5.74) is 4.86. The van der Waals surface area contributed by atoms with Crippen LogP contribution in [0.1, 0.15) is 28.7 Å². The van der Waals surface area contributed by atoms with Crippen molar-refractivity contribution in [3.8, 4) is 5.69 Å². The van der Waals surface area contributed by atoms with Gasteiger partial charge in [0.25, 0.3) is 5.91 Å². The Morgan fingerprint density at radius 3 is 1.93 bits per heavy atom. The molecule has 0 spiro atoms. The van der Waals surface area contributed by atoms with Crippen LogP contribution in [0.2, 0.25) is 0 Å². The number of amides is 1. The molecule has 3 aromatic rings. The van der Waals surface area contributed by atoms with Crippen LogP contribution in [-0.4, -0.2) is 24.6 Å². The van der Waals surface area contributed by atoms with Crippen LogP contribution in [0, 0.1) is 13.8 Å². The summed E-state index contributed by atoms with van der Waals surface area (Å²) in [6.07, 6.45) is 0. The number of nitrogens with one attached hydrogen (secondary N) is 2. The standard InChI is InChI=1S/C21H23N3O3S/c1-4-28(26,27)23-19-11-9-18(10-12-19)22-21(25)17-7-13-20(14-8-17)24-15(2)5-6-16(24)3/h5-14,23H,4H2,1-3H3,(H,22,25). The Bertz CT molecular complexity index is 1060. The van der Waals surface area contributed by atoms with Crippen LogP contribution in [0.5, 0.6) is 0 Å². The van der Waals surface area contributed by atoms with Gasteiger partial charge in [-0.1, -0.05) is 0 Å². The van der Waals surface area contributed by atoms with Gasteiger partial charge >= 0.3 is 0 Å². The molecular weight excluding hydrogens is 374 g/mol. The van der Waals surface area contributed by atoms with Crippen molar-refractivity contribution in [2.24, 2.45) is 0 Å². The Morgan fingerprint density at radius 2 is 1.39 bits per heavy atom. The molecule has 28 heavy (non-hydrogen) atoms. The molecule has 6 nitrogen and oxygen atoms in total. The Labute approximate surface area is 165 Å². The van der Waals surface area contributed by atoms with Crippen LogP contribution in [0.4, 0.5) is 11.4 Å². The monoisotopic (exact) mass is 397 g/mol. The van der Waals surface area contributed by atoms with Crippen LogP contribution in [0.25, 0.3) is 5.69 Å². The highest BCUT2D eigenvalue weighted by Gasteiger charge is 2.10. The predicted octanol–water partition coefficient (Wildman–Crippen LogP) is 4.11. The van der Waals surface area contributed by atoms with Crippen molar-refractivity contribution in [2.45, 2.75) is 20.8 Å². The second kappa shape index (κ2) is 7.90. The van der Waals surface area contributed by atoms with Gasteiger partial charge in [-0.2, -0.15) is 0 Å². The van der Waals surface area contributed by atoms with Crippen molar-refractivity contribution in [3.63, 3.8) is 0 Å². The summed E-state index contributed by atoms with van der Waals surface area (Å²) in [6.45, 7) is 5.65. The van der Waals surface area contributed by atoms with Crippen molar-refractivity contribution in [2.75, 3.05) is 15.8 Å². The maximum absolute atomic E-state index is 12.5. The average molecular weight is 398 g/mol. The minimum absolute atomic E-state index is 0.00351. The van der Waals surface area contributed by atoms with Gasteiger partial charge in [-0.3, -0.25) is 9.52 Å². The van der Waals surface area contributed by atoms with Gasteiger partial charge in [0.15, 0.2) is 0 Å². The third kappa shape index (κ3) is 4.43. The van der Waals surface area contributed by atoms with E-state index in [1.807, 2.05) is 26.0 Å². The van der Waals surface area contributed by atoms with Crippen molar-refractivity contribution < 1.29 is 13.2 Å². The number of aryl methyl sites for hydroxylation is 2. The first kappa shape index (κ1) is 19.7. The number of benzene rings is 2. The number of carbonyl (C=O) groups is 1. The van der Waals surface area contributed by atoms with Crippen molar-refractivity contribution in [3.05, 3.63) is 77.6 Å². The molecule has 0 atom stereocenters. The Morgan fingerprint density at radius 1 is 0.857 bits per heavy atom. The largest absolute Gasteiger partial charge is 0.322 e. The minimum atomic E-state index is -3.32. The molecule has 0 aliphatic carbocycles. The van der Waals surface area contributed by atoms with E-state index >= 15 is 0 Å². The first-order chi connectivity index (χ1) is 13.3. The summed E-state index contributed by atoms with van der Waals surface area (Å²) in [5.74, 6) is -0.224. The highest BCUT2D eigenvalue weighted by molar-refractivity contribution is 7.92. The topological polar surface area (TPSA) is 80.2 Å². The molecular formula is C21H23N3O3S. The quantitative estimate of drug-likeness (QED) is 0.657. The van der Waals surface area contributed by atoms with Gasteiger partial charge in [-0.05, 0) is 81.4 Å². The lowest BCUT2D eigenvalue weighted by molar-refractivity contribution is 0.102. The average Bonchev–Trinajstić information content (AvgIpc) is 3.01. The lowest BCUT2D eigenvalue weighted by Crippen LogP contribution is -2.15. The van der Waals surface area contributed by atoms with Gasteiger partial charge in [-0.15, -0.1) is 0 Å². The van der Waals surface area contributed by atoms with E-state index in [9.17, 15) is 13.2 Å². The number of aromatic nitrogens is 1. The minimum Gasteiger partial charge on any atom is -0.322 e. The van der Waals surface area contributed by atoms with Crippen molar-refractivity contribution in [1.29, 1.82) is 0 Å². The number of nitrogens with zero attached hydrogens (tertiary/aromatic N) is 1. The number of hydrogen-bond acceptors (Lipinski definition) is 3. The maximum Gasteiger partial charge on any atom is 0.255 e. The Hall–Kier alpha value is -3.06. The fraction of sp³-hybridized carbons (Fsp3) is 0.190. The first-order valence-electron chi connectivity index (χ1n) is 8.96. The summed E-state index contributed by atoms with van der Waals surface area (Å²) in [6, 6.07) is 18.1. The lowest BCUT2D eigenvalue weighted by Gasteiger charge is -2.11. The van der Waals surface area contributed by atoms with E-state index in [1.54, 1.807) is 43.3 Å². The van der Waals surface area contributed by atoms with E-state index in [0.29, 0.717) is 16.9 Å². The normalized spacial score (nSPS) is 11.2. The first-order valence-corrected chi connectivity index (χ1v) is 10.6. The van der Waals surface area contributed by atoms with Crippen LogP contribution >= 0.6 is 0 Å². The molecule has 0 aliphatic heterocycles. The number of rotatable bonds is 6. The van der Waals surface area contributed by atoms with Crippen LogP contribution in [0.15, 0.2) is 60.7 Å². The Kier molecular flexibility index (Phi) is 5.56. The van der Waals surface area contributed by atoms with E-state index in [4.69, 9.17) is 0 Å². The smallest absolute Gasteiger partial charge is 0.255 e. The molecule has 1 amide bonds. The molecule has 0 unspecified atom stereocenters. The molecule has 2 aromatic carbocycles. The summed E-state index contributed by atoms with van der Waals surface area (Å²) in [5, 5.41) is 2.82. The lowest BCUT2D eigenvalue weighted by atomic mass is 10.1. The van der Waals surface area contributed by atoms with E-state index in [0.717, 1.165) is 17.1 Å². The predicted molar refractivity (Wildman–Crippen MR) is 113 cm³/mol. The molecule has 7 heteroatoms. The molecule has 0 fully saturated rings. The second-order valence-electron chi connectivity index (χ2n) is 6.54. The van der Waals surface area contributed by atoms with Crippen LogP contribution in [0.3, 0.4) is 0 Å². The van der Waals surface area contributed by atoms with E-state index < -0.39 is 10.0 Å². The molecule has 146 valence electrons. The summed E-state index contributed by atoms with van der Waals surface area (Å²) >= 11 is 0. The van der Waals surface area contributed by atoms with Gasteiger partial charge in [-0.25, -0.2) is 8.42 Å². The van der Waals surface area contributed by atoms with Crippen molar-refractivity contribution >= 4 is 27.3 Å². The number of anilines is 2. The molecule has 0 bridgehead atoms. The number of sulfonamides is 1. The summed E-state index contributed by atoms with van der Waals surface area (Å²) in [4.78, 5) is 12.5. The summed E-state index contributed by atoms with van der Waals surface area (Å²) < 4.78 is 27.8. The van der Waals surface area contributed by atoms with Crippen LogP contribution in [-0.2, 0) is 10.0 Å². The van der Waals surface area contributed by atoms with Crippen LogP contribution < -0.4 is 10.0 Å². The molecule has 1 aromatic heterocycles. The molecule has 0 radical (unpaired) electrons. The van der Waals surface area contributed by atoms with E-state index in [1.165, 1.54) is 0 Å². The fourth-order valence-electron chi connectivity index (χ4n) is 2.91. The van der Waals surface area contributed by atoms with Gasteiger partial charge in [0, 0.05) is 34.0 Å². The molecule has 0 saturated heterocycles. The molecule has 3 rings (SSSR count). The third-order valence-corrected chi connectivity index (χ3v) is 5.76. The second-order valence-corrected chi connectivity index (χ2v) is 8.55. The number of hydrogen-bond donors (Lipinski definition) is 2. The zero-order chi connectivity index (χ0) is 20.3. The highest BCUT2D eigenvalue weighted by atomic mass is 32.2. The molecule has 1 heterocycles. The van der Waals surface area contributed by atoms with Gasteiger partial charge < -0.3 is 9.88 Å². The maximum atomic E-state index is 12.5.